The van der Waals surface area contributed by atoms with Crippen LogP contribution in [0.5, 0.6) is 0 Å². The van der Waals surface area contributed by atoms with E-state index in [-0.39, 0.29) is 47.2 Å². The topological polar surface area (TPSA) is 93.8 Å². The lowest BCUT2D eigenvalue weighted by Gasteiger charge is -2.21. The van der Waals surface area contributed by atoms with E-state index in [4.69, 9.17) is 14.0 Å². The van der Waals surface area contributed by atoms with Gasteiger partial charge in [-0.3, -0.25) is 4.79 Å². The van der Waals surface area contributed by atoms with E-state index >= 15 is 0 Å². The van der Waals surface area contributed by atoms with Crippen molar-refractivity contribution in [3.63, 3.8) is 0 Å². The number of carbonyl (C=O) groups is 1. The molecule has 2 N–H and O–H groups in total. The highest BCUT2D eigenvalue weighted by atomic mass is 32.2. The number of benzene rings is 1. The Hall–Kier alpha value is -1.75. The number of anilines is 1. The van der Waals surface area contributed by atoms with Gasteiger partial charge >= 0.3 is 0 Å². The number of aliphatic hydroxyl groups is 1. The molecule has 1 aliphatic rings. The number of rotatable bonds is 5. The molecule has 1 aromatic heterocycles. The van der Waals surface area contributed by atoms with Gasteiger partial charge in [-0.15, -0.1) is 0 Å². The molecule has 0 saturated carbocycles. The Kier molecular flexibility index (Phi) is 4.96. The first-order valence-corrected chi connectivity index (χ1v) is 8.26. The zero-order valence-electron chi connectivity index (χ0n) is 13.5. The third kappa shape index (κ3) is 3.76. The van der Waals surface area contributed by atoms with Gasteiger partial charge in [0.1, 0.15) is 4.93 Å². The number of hydrogen-bond donors (Lipinski definition) is 2. The molecular weight excluding hydrogens is 358 g/mol. The number of hydrogen-bond acceptors (Lipinski definition) is 8. The molecule has 0 aliphatic carbocycles. The summed E-state index contributed by atoms with van der Waals surface area (Å²) in [6, 6.07) is 1.33. The summed E-state index contributed by atoms with van der Waals surface area (Å²) in [4.78, 5) is 9.72. The summed E-state index contributed by atoms with van der Waals surface area (Å²) in [7, 11) is 0. The second kappa shape index (κ2) is 6.87. The van der Waals surface area contributed by atoms with E-state index in [2.05, 4.69) is 10.5 Å². The van der Waals surface area contributed by atoms with E-state index < -0.39 is 22.9 Å². The molecule has 10 heteroatoms. The molecule has 2 aromatic rings. The number of carbonyl (C=O) groups excluding carboxylic acids is 1. The van der Waals surface area contributed by atoms with Crippen molar-refractivity contribution in [3.8, 4) is 0 Å². The second-order valence-electron chi connectivity index (χ2n) is 5.70. The lowest BCUT2D eigenvalue weighted by atomic mass is 10.1. The van der Waals surface area contributed by atoms with Crippen LogP contribution in [0.25, 0.3) is 11.0 Å². The van der Waals surface area contributed by atoms with Gasteiger partial charge in [0.05, 0.1) is 25.1 Å². The van der Waals surface area contributed by atoms with Gasteiger partial charge < -0.3 is 24.4 Å². The van der Waals surface area contributed by atoms with Crippen LogP contribution in [0.1, 0.15) is 25.7 Å². The van der Waals surface area contributed by atoms with Crippen molar-refractivity contribution in [1.82, 2.24) is 5.16 Å². The van der Waals surface area contributed by atoms with Crippen LogP contribution in [-0.4, -0.2) is 40.1 Å². The molecule has 0 bridgehead atoms. The summed E-state index contributed by atoms with van der Waals surface area (Å²) in [5.74, 6) is -2.21. The van der Waals surface area contributed by atoms with Crippen LogP contribution in [-0.2, 0) is 14.3 Å². The molecule has 136 valence electrons. The van der Waals surface area contributed by atoms with Gasteiger partial charge in [0.25, 0.3) is 0 Å². The Bertz CT molecular complexity index is 805. The number of ether oxygens (including phenoxy) is 2. The molecular formula is C15H16F2N2O5S. The molecule has 3 rings (SSSR count). The van der Waals surface area contributed by atoms with Crippen molar-refractivity contribution in [2.75, 3.05) is 25.1 Å². The van der Waals surface area contributed by atoms with Gasteiger partial charge in [0.15, 0.2) is 23.0 Å². The third-order valence-electron chi connectivity index (χ3n) is 3.50. The third-order valence-corrected chi connectivity index (χ3v) is 4.37. The molecule has 1 atom stereocenters. The Balaban J connectivity index is 1.90. The minimum atomic E-state index is -1.41. The molecule has 7 nitrogen and oxygen atoms in total. The number of halogens is 2. The first-order chi connectivity index (χ1) is 11.8. The minimum absolute atomic E-state index is 0.0658. The van der Waals surface area contributed by atoms with Crippen LogP contribution >= 0.6 is 11.8 Å². The quantitative estimate of drug-likeness (QED) is 0.772. The Morgan fingerprint density at radius 2 is 2.12 bits per heavy atom. The second-order valence-corrected chi connectivity index (χ2v) is 7.36. The van der Waals surface area contributed by atoms with Crippen molar-refractivity contribution in [2.45, 2.75) is 25.1 Å². The average Bonchev–Trinajstić information content (AvgIpc) is 3.17. The van der Waals surface area contributed by atoms with E-state index in [0.717, 1.165) is 11.8 Å². The lowest BCUT2D eigenvalue weighted by molar-refractivity contribution is -0.109. The molecule has 0 amide bonds. The first-order valence-electron chi connectivity index (χ1n) is 7.45. The van der Waals surface area contributed by atoms with Gasteiger partial charge in [0.2, 0.25) is 11.4 Å². The standard InChI is InChI=1S/C15H16F2N2O5S/c1-7(20)25-15(2,21)6-18-13-9-5-8(14-22-3-4-23-14)10(16)11(17)12(9)24-19-13/h5,14,21H,3-4,6H2,1-2H3,(H,18,19)/t15-/m0/s1. The van der Waals surface area contributed by atoms with Gasteiger partial charge in [0, 0.05) is 12.5 Å². The molecule has 0 spiro atoms. The average molecular weight is 374 g/mol. The van der Waals surface area contributed by atoms with Crippen LogP contribution in [0, 0.1) is 11.6 Å². The predicted octanol–water partition coefficient (Wildman–Crippen LogP) is 2.55. The Morgan fingerprint density at radius 1 is 1.44 bits per heavy atom. The number of nitrogens with zero attached hydrogens (tertiary/aromatic N) is 1. The zero-order chi connectivity index (χ0) is 18.2. The van der Waals surface area contributed by atoms with E-state index in [1.54, 1.807) is 0 Å². The number of aromatic nitrogens is 1. The van der Waals surface area contributed by atoms with Crippen molar-refractivity contribution in [2.24, 2.45) is 0 Å². The maximum Gasteiger partial charge on any atom is 0.207 e. The van der Waals surface area contributed by atoms with Crippen molar-refractivity contribution < 1.29 is 32.7 Å². The molecule has 1 fully saturated rings. The van der Waals surface area contributed by atoms with Crippen molar-refractivity contribution in [3.05, 3.63) is 23.3 Å². The largest absolute Gasteiger partial charge is 0.377 e. The number of thioether (sulfide) groups is 1. The fourth-order valence-electron chi connectivity index (χ4n) is 2.47. The molecule has 25 heavy (non-hydrogen) atoms. The molecule has 1 aliphatic heterocycles. The maximum atomic E-state index is 14.2. The highest BCUT2D eigenvalue weighted by molar-refractivity contribution is 8.14. The van der Waals surface area contributed by atoms with Crippen LogP contribution in [0.3, 0.4) is 0 Å². The summed E-state index contributed by atoms with van der Waals surface area (Å²) in [5.41, 5.74) is -0.459. The summed E-state index contributed by atoms with van der Waals surface area (Å²) >= 11 is 0.735. The minimum Gasteiger partial charge on any atom is -0.377 e. The fourth-order valence-corrected chi connectivity index (χ4v) is 3.23. The highest BCUT2D eigenvalue weighted by Crippen LogP contribution is 2.35. The summed E-state index contributed by atoms with van der Waals surface area (Å²) < 4.78 is 43.7. The lowest BCUT2D eigenvalue weighted by Crippen LogP contribution is -2.30. The van der Waals surface area contributed by atoms with E-state index in [1.165, 1.54) is 19.9 Å². The summed E-state index contributed by atoms with van der Waals surface area (Å²) in [5, 5.41) is 16.5. The van der Waals surface area contributed by atoms with E-state index in [0.29, 0.717) is 0 Å². The first kappa shape index (κ1) is 18.1. The van der Waals surface area contributed by atoms with Gasteiger partial charge in [-0.1, -0.05) is 16.9 Å². The van der Waals surface area contributed by atoms with Gasteiger partial charge in [-0.25, -0.2) is 4.39 Å². The zero-order valence-corrected chi connectivity index (χ0v) is 14.3. The monoisotopic (exact) mass is 374 g/mol. The molecule has 0 unspecified atom stereocenters. The normalized spacial score (nSPS) is 17.8. The van der Waals surface area contributed by atoms with Gasteiger partial charge in [-0.2, -0.15) is 4.39 Å². The Labute approximate surface area is 145 Å². The SMILES string of the molecule is CC(=O)S[C@](C)(O)CNc1noc2c(F)c(F)c(C3OCCO3)cc12. The number of fused-ring (bicyclic) bond motifs is 1. The molecule has 0 radical (unpaired) electrons. The molecule has 1 aromatic carbocycles. The van der Waals surface area contributed by atoms with Crippen LogP contribution in [0.15, 0.2) is 10.6 Å². The van der Waals surface area contributed by atoms with Crippen LogP contribution in [0.2, 0.25) is 0 Å². The smallest absolute Gasteiger partial charge is 0.207 e. The Morgan fingerprint density at radius 3 is 2.76 bits per heavy atom. The van der Waals surface area contributed by atoms with Gasteiger partial charge in [-0.05, 0) is 13.0 Å². The molecule has 2 heterocycles. The predicted molar refractivity (Wildman–Crippen MR) is 86.0 cm³/mol. The van der Waals surface area contributed by atoms with E-state index in [1.807, 2.05) is 0 Å². The van der Waals surface area contributed by atoms with Crippen LogP contribution < -0.4 is 5.32 Å². The fraction of sp³-hybridized carbons (Fsp3) is 0.467. The molecule has 1 saturated heterocycles. The number of nitrogens with one attached hydrogen (secondary N) is 1. The maximum absolute atomic E-state index is 14.2. The van der Waals surface area contributed by atoms with Crippen LogP contribution in [0.4, 0.5) is 14.6 Å². The van der Waals surface area contributed by atoms with Crippen molar-refractivity contribution in [1.29, 1.82) is 0 Å². The summed E-state index contributed by atoms with van der Waals surface area (Å²) in [6.45, 7) is 3.27. The highest BCUT2D eigenvalue weighted by Gasteiger charge is 2.29. The summed E-state index contributed by atoms with van der Waals surface area (Å²) in [6.07, 6.45) is -1.00. The van der Waals surface area contributed by atoms with E-state index in [9.17, 15) is 18.7 Å². The van der Waals surface area contributed by atoms with Crippen molar-refractivity contribution >= 4 is 33.7 Å².